The minimum Gasteiger partial charge on any atom is -0.460 e. The van der Waals surface area contributed by atoms with Crippen molar-refractivity contribution < 1.29 is 26.6 Å². The molecule has 2 aliphatic heterocycles. The molecule has 0 saturated carbocycles. The molecule has 1 saturated heterocycles. The van der Waals surface area contributed by atoms with Crippen molar-refractivity contribution in [1.82, 2.24) is 4.31 Å². The number of hydrogen-bond acceptors (Lipinski definition) is 6. The maximum absolute atomic E-state index is 12.8. The Morgan fingerprint density at radius 3 is 2.33 bits per heavy atom. The number of ether oxygens (including phenoxy) is 1. The molecule has 4 rings (SSSR count). The van der Waals surface area contributed by atoms with E-state index in [9.17, 15) is 8.42 Å². The van der Waals surface area contributed by atoms with E-state index >= 15 is 0 Å². The van der Waals surface area contributed by atoms with Crippen LogP contribution in [-0.4, -0.2) is 37.6 Å². The zero-order valence-electron chi connectivity index (χ0n) is 19.7. The summed E-state index contributed by atoms with van der Waals surface area (Å²) in [4.78, 5) is 0. The fourth-order valence-corrected chi connectivity index (χ4v) is 4.57. The lowest BCUT2D eigenvalue weighted by molar-refractivity contribution is 0.00578. The highest BCUT2D eigenvalue weighted by Crippen LogP contribution is 2.36. The average Bonchev–Trinajstić information content (AvgIpc) is 2.97. The quantitative estimate of drug-likeness (QED) is 0.602. The van der Waals surface area contributed by atoms with E-state index in [-0.39, 0.29) is 25.6 Å². The van der Waals surface area contributed by atoms with Gasteiger partial charge in [-0.25, -0.2) is 0 Å². The molecule has 0 N–H and O–H groups in total. The maximum Gasteiger partial charge on any atom is 0.494 e. The molecule has 2 aromatic carbocycles. The molecule has 0 spiro atoms. The summed E-state index contributed by atoms with van der Waals surface area (Å²) in [6.45, 7) is 10.5. The Morgan fingerprint density at radius 1 is 1.03 bits per heavy atom. The molecule has 0 aliphatic carbocycles. The molecule has 7 nitrogen and oxygen atoms in total. The summed E-state index contributed by atoms with van der Waals surface area (Å²) in [6.07, 6.45) is 1.64. The first-order valence-electron chi connectivity index (χ1n) is 11.0. The standard InChI is InChI=1S/C24H30BNO6S/c1-18-11-12-21(25-31-23(2,3)24(4,5)32-25)15-20(18)16-26-14-13-22(30-33(26,27)28)29-17-19-9-7-6-8-10-19/h6-13,15H,14,16-17H2,1-5H3. The molecule has 176 valence electrons. The second-order valence-corrected chi connectivity index (χ2v) is 10.9. The smallest absolute Gasteiger partial charge is 0.460 e. The lowest BCUT2D eigenvalue weighted by Crippen LogP contribution is -2.41. The van der Waals surface area contributed by atoms with Gasteiger partial charge in [-0.1, -0.05) is 48.5 Å². The van der Waals surface area contributed by atoms with Crippen molar-refractivity contribution in [2.45, 2.75) is 59.0 Å². The Kier molecular flexibility index (Phi) is 6.35. The topological polar surface area (TPSA) is 74.3 Å². The van der Waals surface area contributed by atoms with Crippen LogP contribution in [0.15, 0.2) is 60.6 Å². The highest BCUT2D eigenvalue weighted by molar-refractivity contribution is 7.84. The normalized spacial score (nSPS) is 21.4. The van der Waals surface area contributed by atoms with Gasteiger partial charge in [0.15, 0.2) is 0 Å². The van der Waals surface area contributed by atoms with Gasteiger partial charge in [0, 0.05) is 19.2 Å². The summed E-state index contributed by atoms with van der Waals surface area (Å²) < 4.78 is 49.8. The van der Waals surface area contributed by atoms with Gasteiger partial charge in [-0.05, 0) is 56.8 Å². The molecule has 2 aliphatic rings. The number of rotatable bonds is 6. The van der Waals surface area contributed by atoms with Gasteiger partial charge in [0.1, 0.15) is 6.61 Å². The fourth-order valence-electron chi connectivity index (χ4n) is 3.59. The fraction of sp³-hybridized carbons (Fsp3) is 0.417. The molecule has 33 heavy (non-hydrogen) atoms. The van der Waals surface area contributed by atoms with Gasteiger partial charge >= 0.3 is 17.4 Å². The van der Waals surface area contributed by atoms with Gasteiger partial charge in [0.2, 0.25) is 0 Å². The molecule has 2 heterocycles. The van der Waals surface area contributed by atoms with E-state index in [1.54, 1.807) is 6.08 Å². The Morgan fingerprint density at radius 2 is 1.70 bits per heavy atom. The van der Waals surface area contributed by atoms with Crippen LogP contribution in [0, 0.1) is 6.92 Å². The molecule has 0 bridgehead atoms. The first-order chi connectivity index (χ1) is 15.5. The summed E-state index contributed by atoms with van der Waals surface area (Å²) in [5.74, 6) is -0.00204. The second-order valence-electron chi connectivity index (χ2n) is 9.41. The lowest BCUT2D eigenvalue weighted by Gasteiger charge is -2.32. The zero-order valence-corrected chi connectivity index (χ0v) is 20.5. The molecule has 9 heteroatoms. The summed E-state index contributed by atoms with van der Waals surface area (Å²) in [5.41, 5.74) is 2.71. The number of aryl methyl sites for hydroxylation is 1. The number of nitrogens with zero attached hydrogens (tertiary/aromatic N) is 1. The van der Waals surface area contributed by atoms with Gasteiger partial charge < -0.3 is 18.2 Å². The first-order valence-corrected chi connectivity index (χ1v) is 12.3. The van der Waals surface area contributed by atoms with Gasteiger partial charge in [0.05, 0.1) is 11.2 Å². The van der Waals surface area contributed by atoms with Crippen LogP contribution in [0.3, 0.4) is 0 Å². The maximum atomic E-state index is 12.8. The van der Waals surface area contributed by atoms with E-state index in [4.69, 9.17) is 18.2 Å². The molecule has 1 fully saturated rings. The van der Waals surface area contributed by atoms with E-state index < -0.39 is 28.6 Å². The Bertz CT molecular complexity index is 1130. The molecule has 0 radical (unpaired) electrons. The SMILES string of the molecule is Cc1ccc(B2OC(C)(C)C(C)(C)O2)cc1CN1CC=C(OCc2ccccc2)OS1(=O)=O. The minimum atomic E-state index is -3.98. The largest absolute Gasteiger partial charge is 0.494 e. The predicted molar refractivity (Wildman–Crippen MR) is 127 cm³/mol. The van der Waals surface area contributed by atoms with Crippen molar-refractivity contribution in [2.24, 2.45) is 0 Å². The van der Waals surface area contributed by atoms with Crippen molar-refractivity contribution in [3.05, 3.63) is 77.2 Å². The molecule has 0 unspecified atom stereocenters. The van der Waals surface area contributed by atoms with Crippen molar-refractivity contribution in [2.75, 3.05) is 6.54 Å². The van der Waals surface area contributed by atoms with Crippen LogP contribution >= 0.6 is 0 Å². The molecular formula is C24H30BNO6S. The average molecular weight is 471 g/mol. The van der Waals surface area contributed by atoms with E-state index in [0.717, 1.165) is 22.2 Å². The van der Waals surface area contributed by atoms with Gasteiger partial charge in [-0.15, -0.1) is 0 Å². The van der Waals surface area contributed by atoms with Crippen LogP contribution in [0.1, 0.15) is 44.4 Å². The van der Waals surface area contributed by atoms with E-state index in [0.29, 0.717) is 0 Å². The van der Waals surface area contributed by atoms with Gasteiger partial charge in [-0.2, -0.15) is 12.7 Å². The molecule has 0 amide bonds. The molecule has 0 atom stereocenters. The van der Waals surface area contributed by atoms with Crippen LogP contribution in [0.2, 0.25) is 0 Å². The van der Waals surface area contributed by atoms with E-state index in [1.807, 2.05) is 83.1 Å². The monoisotopic (exact) mass is 471 g/mol. The lowest BCUT2D eigenvalue weighted by atomic mass is 9.78. The minimum absolute atomic E-state index is 0.00204. The summed E-state index contributed by atoms with van der Waals surface area (Å²) in [5, 5.41) is 0. The summed E-state index contributed by atoms with van der Waals surface area (Å²) >= 11 is 0. The Labute approximate surface area is 196 Å². The van der Waals surface area contributed by atoms with Crippen LogP contribution in [-0.2, 0) is 41.7 Å². The molecule has 2 aromatic rings. The van der Waals surface area contributed by atoms with Gasteiger partial charge in [0.25, 0.3) is 5.95 Å². The van der Waals surface area contributed by atoms with Crippen molar-refractivity contribution >= 4 is 22.9 Å². The third-order valence-corrected chi connectivity index (χ3v) is 7.72. The van der Waals surface area contributed by atoms with Crippen molar-refractivity contribution in [3.63, 3.8) is 0 Å². The van der Waals surface area contributed by atoms with Crippen molar-refractivity contribution in [1.29, 1.82) is 0 Å². The van der Waals surface area contributed by atoms with Crippen molar-refractivity contribution in [3.8, 4) is 0 Å². The van der Waals surface area contributed by atoms with E-state index in [2.05, 4.69) is 0 Å². The van der Waals surface area contributed by atoms with Gasteiger partial charge in [-0.3, -0.25) is 0 Å². The van der Waals surface area contributed by atoms with Crippen LogP contribution in [0.4, 0.5) is 0 Å². The predicted octanol–water partition coefficient (Wildman–Crippen LogP) is 3.43. The van der Waals surface area contributed by atoms with Crippen LogP contribution < -0.4 is 5.46 Å². The summed E-state index contributed by atoms with van der Waals surface area (Å²) in [7, 11) is -4.50. The molecular weight excluding hydrogens is 441 g/mol. The highest BCUT2D eigenvalue weighted by Gasteiger charge is 2.51. The first kappa shape index (κ1) is 23.8. The highest BCUT2D eigenvalue weighted by atomic mass is 32.2. The van der Waals surface area contributed by atoms with E-state index in [1.165, 1.54) is 4.31 Å². The third kappa shape index (κ3) is 5.11. The van der Waals surface area contributed by atoms with Crippen LogP contribution in [0.25, 0.3) is 0 Å². The third-order valence-electron chi connectivity index (χ3n) is 6.43. The Hall–Kier alpha value is -2.33. The second kappa shape index (κ2) is 8.79. The number of benzene rings is 2. The number of hydrogen-bond donors (Lipinski definition) is 0. The zero-order chi connectivity index (χ0) is 23.9. The van der Waals surface area contributed by atoms with Crippen LogP contribution in [0.5, 0.6) is 0 Å². The molecule has 0 aromatic heterocycles. The summed E-state index contributed by atoms with van der Waals surface area (Å²) in [6, 6.07) is 15.4. The Balaban J connectivity index is 1.46.